The highest BCUT2D eigenvalue weighted by atomic mass is 32.1. The number of carbonyl (C=O) groups is 1. The summed E-state index contributed by atoms with van der Waals surface area (Å²) in [6, 6.07) is 3.94. The van der Waals surface area contributed by atoms with E-state index in [0.717, 1.165) is 0 Å². The van der Waals surface area contributed by atoms with Crippen molar-refractivity contribution in [1.29, 1.82) is 0 Å². The van der Waals surface area contributed by atoms with E-state index in [1.807, 2.05) is 0 Å². The van der Waals surface area contributed by atoms with Gasteiger partial charge in [0.15, 0.2) is 0 Å². The van der Waals surface area contributed by atoms with Crippen molar-refractivity contribution in [3.05, 3.63) is 23.8 Å². The van der Waals surface area contributed by atoms with Gasteiger partial charge in [-0.25, -0.2) is 0 Å². The molecule has 0 aliphatic rings. The van der Waals surface area contributed by atoms with Gasteiger partial charge in [0.25, 0.3) is 5.91 Å². The van der Waals surface area contributed by atoms with Crippen LogP contribution in [0.4, 0.5) is 0 Å². The van der Waals surface area contributed by atoms with Gasteiger partial charge in [-0.05, 0) is 19.1 Å². The van der Waals surface area contributed by atoms with Crippen LogP contribution in [0.5, 0.6) is 11.5 Å². The number of rotatable bonds is 4. The summed E-state index contributed by atoms with van der Waals surface area (Å²) in [5, 5.41) is 19.2. The molecule has 0 radical (unpaired) electrons. The van der Waals surface area contributed by atoms with E-state index in [1.54, 1.807) is 14.0 Å². The summed E-state index contributed by atoms with van der Waals surface area (Å²) in [6.07, 6.45) is 0.381. The first kappa shape index (κ1) is 14.2. The molecule has 5 nitrogen and oxygen atoms in total. The maximum atomic E-state index is 12.1. The summed E-state index contributed by atoms with van der Waals surface area (Å²) in [6.45, 7) is 1.79. The molecule has 0 saturated heterocycles. The second-order valence-electron chi connectivity index (χ2n) is 4.11. The molecule has 4 N–H and O–H groups in total. The van der Waals surface area contributed by atoms with Crippen LogP contribution in [-0.2, 0) is 0 Å². The fourth-order valence-corrected chi connectivity index (χ4v) is 1.79. The Bertz CT molecular complexity index is 456. The van der Waals surface area contributed by atoms with E-state index in [9.17, 15) is 15.0 Å². The third-order valence-corrected chi connectivity index (χ3v) is 2.88. The molecule has 1 amide bonds. The van der Waals surface area contributed by atoms with Crippen LogP contribution in [0, 0.1) is 0 Å². The van der Waals surface area contributed by atoms with Gasteiger partial charge in [0, 0.05) is 19.5 Å². The lowest BCUT2D eigenvalue weighted by Gasteiger charge is -2.25. The quantitative estimate of drug-likeness (QED) is 0.715. The van der Waals surface area contributed by atoms with Gasteiger partial charge in [0.05, 0.1) is 4.99 Å². The normalized spacial score (nSPS) is 11.9. The smallest absolute Gasteiger partial charge is 0.261 e. The van der Waals surface area contributed by atoms with Crippen LogP contribution in [-0.4, -0.2) is 39.1 Å². The average Bonchev–Trinajstić information content (AvgIpc) is 2.26. The number of phenols is 2. The largest absolute Gasteiger partial charge is 0.507 e. The molecule has 0 saturated carbocycles. The van der Waals surface area contributed by atoms with Crippen molar-refractivity contribution in [2.75, 3.05) is 7.05 Å². The number of aromatic hydroxyl groups is 2. The number of amides is 1. The van der Waals surface area contributed by atoms with Gasteiger partial charge in [0.2, 0.25) is 0 Å². The van der Waals surface area contributed by atoms with E-state index in [-0.39, 0.29) is 23.1 Å². The summed E-state index contributed by atoms with van der Waals surface area (Å²) in [5.74, 6) is -0.988. The number of hydrogen-bond donors (Lipinski definition) is 3. The minimum atomic E-state index is -0.477. The zero-order valence-corrected chi connectivity index (χ0v) is 11.1. The Hall–Kier alpha value is -1.82. The third-order valence-electron chi connectivity index (χ3n) is 2.71. The number of thiocarbonyl (C=S) groups is 1. The van der Waals surface area contributed by atoms with Crippen LogP contribution in [0.25, 0.3) is 0 Å². The molecular formula is C12H16N2O3S. The summed E-state index contributed by atoms with van der Waals surface area (Å²) >= 11 is 4.79. The van der Waals surface area contributed by atoms with Crippen molar-refractivity contribution >= 4 is 23.1 Å². The van der Waals surface area contributed by atoms with E-state index in [1.165, 1.54) is 23.1 Å². The second kappa shape index (κ2) is 5.68. The molecule has 1 aromatic carbocycles. The number of nitrogens with zero attached hydrogens (tertiary/aromatic N) is 1. The fourth-order valence-electron chi connectivity index (χ4n) is 1.55. The molecule has 0 fully saturated rings. The summed E-state index contributed by atoms with van der Waals surface area (Å²) < 4.78 is 0. The van der Waals surface area contributed by atoms with Gasteiger partial charge in [-0.2, -0.15) is 0 Å². The molecule has 1 atom stereocenters. The molecule has 6 heteroatoms. The molecule has 0 aromatic heterocycles. The zero-order valence-electron chi connectivity index (χ0n) is 10.3. The predicted octanol–water partition coefficient (Wildman–Crippen LogP) is 1.23. The lowest BCUT2D eigenvalue weighted by Crippen LogP contribution is -2.37. The standard InChI is InChI=1S/C12H16N2O3S/c1-7(6-10(13)18)14(2)12(17)11-8(15)4-3-5-9(11)16/h3-5,7,15-16H,6H2,1-2H3,(H2,13,18). The molecule has 18 heavy (non-hydrogen) atoms. The van der Waals surface area contributed by atoms with Crippen molar-refractivity contribution in [1.82, 2.24) is 4.90 Å². The summed E-state index contributed by atoms with van der Waals surface area (Å²) in [4.78, 5) is 13.8. The number of phenolic OH excluding ortho intramolecular Hbond substituents is 2. The van der Waals surface area contributed by atoms with Crippen molar-refractivity contribution in [3.8, 4) is 11.5 Å². The van der Waals surface area contributed by atoms with Crippen molar-refractivity contribution < 1.29 is 15.0 Å². The Morgan fingerprint density at radius 2 is 1.94 bits per heavy atom. The molecular weight excluding hydrogens is 252 g/mol. The van der Waals surface area contributed by atoms with Gasteiger partial charge >= 0.3 is 0 Å². The topological polar surface area (TPSA) is 86.8 Å². The highest BCUT2D eigenvalue weighted by Gasteiger charge is 2.23. The van der Waals surface area contributed by atoms with Crippen LogP contribution >= 0.6 is 12.2 Å². The minimum absolute atomic E-state index is 0.116. The van der Waals surface area contributed by atoms with Crippen molar-refractivity contribution in [2.24, 2.45) is 5.73 Å². The first-order chi connectivity index (χ1) is 8.34. The highest BCUT2D eigenvalue weighted by Crippen LogP contribution is 2.28. The monoisotopic (exact) mass is 268 g/mol. The number of nitrogens with two attached hydrogens (primary N) is 1. The number of benzene rings is 1. The van der Waals surface area contributed by atoms with Gasteiger partial charge in [-0.15, -0.1) is 0 Å². The number of carbonyl (C=O) groups excluding carboxylic acids is 1. The Kier molecular flexibility index (Phi) is 4.49. The minimum Gasteiger partial charge on any atom is -0.507 e. The highest BCUT2D eigenvalue weighted by molar-refractivity contribution is 7.80. The Morgan fingerprint density at radius 3 is 2.39 bits per heavy atom. The first-order valence-corrected chi connectivity index (χ1v) is 5.81. The predicted molar refractivity (Wildman–Crippen MR) is 72.7 cm³/mol. The van der Waals surface area contributed by atoms with Crippen LogP contribution in [0.2, 0.25) is 0 Å². The van der Waals surface area contributed by atoms with Gasteiger partial charge in [-0.1, -0.05) is 18.3 Å². The summed E-state index contributed by atoms with van der Waals surface area (Å²) in [7, 11) is 1.57. The first-order valence-electron chi connectivity index (χ1n) is 5.41. The van der Waals surface area contributed by atoms with E-state index in [4.69, 9.17) is 18.0 Å². The fraction of sp³-hybridized carbons (Fsp3) is 0.333. The molecule has 0 spiro atoms. The third kappa shape index (κ3) is 3.10. The summed E-state index contributed by atoms with van der Waals surface area (Å²) in [5.41, 5.74) is 5.31. The van der Waals surface area contributed by atoms with Gasteiger partial charge < -0.3 is 20.8 Å². The second-order valence-corrected chi connectivity index (χ2v) is 4.63. The molecule has 0 aliphatic heterocycles. The molecule has 0 heterocycles. The van der Waals surface area contributed by atoms with Crippen molar-refractivity contribution in [3.63, 3.8) is 0 Å². The number of hydrogen-bond acceptors (Lipinski definition) is 4. The van der Waals surface area contributed by atoms with Crippen LogP contribution < -0.4 is 5.73 Å². The van der Waals surface area contributed by atoms with E-state index >= 15 is 0 Å². The Labute approximate surface area is 111 Å². The van der Waals surface area contributed by atoms with Gasteiger partial charge in [-0.3, -0.25) is 4.79 Å². The molecule has 98 valence electrons. The van der Waals surface area contributed by atoms with Gasteiger partial charge in [0.1, 0.15) is 17.1 Å². The van der Waals surface area contributed by atoms with Crippen LogP contribution in [0.3, 0.4) is 0 Å². The maximum Gasteiger partial charge on any atom is 0.261 e. The van der Waals surface area contributed by atoms with E-state index < -0.39 is 5.91 Å². The van der Waals surface area contributed by atoms with E-state index in [0.29, 0.717) is 11.4 Å². The molecule has 1 aromatic rings. The molecule has 1 unspecified atom stereocenters. The van der Waals surface area contributed by atoms with Crippen LogP contribution in [0.1, 0.15) is 23.7 Å². The van der Waals surface area contributed by atoms with Crippen molar-refractivity contribution in [2.45, 2.75) is 19.4 Å². The average molecular weight is 268 g/mol. The van der Waals surface area contributed by atoms with E-state index in [2.05, 4.69) is 0 Å². The van der Waals surface area contributed by atoms with Crippen LogP contribution in [0.15, 0.2) is 18.2 Å². The maximum absolute atomic E-state index is 12.1. The Balaban J connectivity index is 2.96. The molecule has 0 aliphatic carbocycles. The Morgan fingerprint density at radius 1 is 1.44 bits per heavy atom. The zero-order chi connectivity index (χ0) is 13.9. The molecule has 0 bridgehead atoms. The molecule has 1 rings (SSSR count). The lowest BCUT2D eigenvalue weighted by molar-refractivity contribution is 0.0742. The SMILES string of the molecule is CC(CC(N)=S)N(C)C(=O)c1c(O)cccc1O. The lowest BCUT2D eigenvalue weighted by atomic mass is 10.1.